The lowest BCUT2D eigenvalue weighted by atomic mass is 10.1. The second kappa shape index (κ2) is 7.91. The first kappa shape index (κ1) is 17.1. The summed E-state index contributed by atoms with van der Waals surface area (Å²) < 4.78 is 2.13. The van der Waals surface area contributed by atoms with Crippen LogP contribution in [0.25, 0.3) is 0 Å². The molecule has 0 radical (unpaired) electrons. The number of nitrogens with one attached hydrogen (secondary N) is 1. The number of aromatic nitrogens is 2. The van der Waals surface area contributed by atoms with Gasteiger partial charge in [0.05, 0.1) is 6.54 Å². The number of piperazine rings is 1. The maximum atomic E-state index is 12.5. The number of rotatable bonds is 5. The van der Waals surface area contributed by atoms with Crippen LogP contribution in [0.1, 0.15) is 24.2 Å². The van der Waals surface area contributed by atoms with Gasteiger partial charge in [0, 0.05) is 44.6 Å². The molecule has 2 amide bonds. The number of amides is 2. The molecule has 26 heavy (non-hydrogen) atoms. The molecular formula is C20H27N5O. The second-order valence-corrected chi connectivity index (χ2v) is 7.21. The van der Waals surface area contributed by atoms with E-state index in [1.54, 1.807) is 0 Å². The molecule has 3 heterocycles. The molecular weight excluding hydrogens is 326 g/mol. The van der Waals surface area contributed by atoms with Crippen molar-refractivity contribution in [3.05, 3.63) is 54.1 Å². The Morgan fingerprint density at radius 1 is 1.19 bits per heavy atom. The number of imidazole rings is 1. The van der Waals surface area contributed by atoms with Crippen LogP contribution in [-0.2, 0) is 19.5 Å². The van der Waals surface area contributed by atoms with Gasteiger partial charge in [0.25, 0.3) is 0 Å². The van der Waals surface area contributed by atoms with Crippen LogP contribution < -0.4 is 5.32 Å². The number of aryl methyl sites for hydroxylation is 2. The summed E-state index contributed by atoms with van der Waals surface area (Å²) in [5.74, 6) is 0.911. The summed E-state index contributed by atoms with van der Waals surface area (Å²) in [6.07, 6.45) is 7.24. The van der Waals surface area contributed by atoms with E-state index in [0.717, 1.165) is 38.4 Å². The molecule has 2 aromatic rings. The van der Waals surface area contributed by atoms with Gasteiger partial charge in [-0.05, 0) is 31.4 Å². The molecule has 138 valence electrons. The van der Waals surface area contributed by atoms with E-state index in [1.807, 2.05) is 23.4 Å². The minimum Gasteiger partial charge on any atom is -0.333 e. The van der Waals surface area contributed by atoms with E-state index >= 15 is 0 Å². The van der Waals surface area contributed by atoms with Gasteiger partial charge >= 0.3 is 6.03 Å². The Kier molecular flexibility index (Phi) is 5.20. The Morgan fingerprint density at radius 2 is 2.08 bits per heavy atom. The van der Waals surface area contributed by atoms with Crippen LogP contribution >= 0.6 is 0 Å². The van der Waals surface area contributed by atoms with E-state index < -0.39 is 0 Å². The summed E-state index contributed by atoms with van der Waals surface area (Å²) in [6, 6.07) is 11.0. The van der Waals surface area contributed by atoms with Crippen molar-refractivity contribution in [3.8, 4) is 0 Å². The first-order valence-electron chi connectivity index (χ1n) is 9.60. The summed E-state index contributed by atoms with van der Waals surface area (Å²) in [5.41, 5.74) is 1.31. The van der Waals surface area contributed by atoms with Crippen LogP contribution in [0.5, 0.6) is 0 Å². The van der Waals surface area contributed by atoms with Crippen LogP contribution in [0, 0.1) is 0 Å². The van der Waals surface area contributed by atoms with Crippen molar-refractivity contribution in [2.24, 2.45) is 0 Å². The minimum atomic E-state index is 0.0363. The number of benzene rings is 1. The first-order chi connectivity index (χ1) is 12.8. The summed E-state index contributed by atoms with van der Waals surface area (Å²) in [7, 11) is 0. The predicted octanol–water partition coefficient (Wildman–Crippen LogP) is 2.12. The van der Waals surface area contributed by atoms with E-state index in [0.29, 0.717) is 12.6 Å². The van der Waals surface area contributed by atoms with Gasteiger partial charge in [0.15, 0.2) is 0 Å². The zero-order valence-corrected chi connectivity index (χ0v) is 15.2. The fourth-order valence-electron chi connectivity index (χ4n) is 4.05. The molecule has 0 spiro atoms. The smallest absolute Gasteiger partial charge is 0.317 e. The molecule has 1 aromatic heterocycles. The Labute approximate surface area is 154 Å². The van der Waals surface area contributed by atoms with Gasteiger partial charge in [-0.1, -0.05) is 30.3 Å². The molecule has 6 nitrogen and oxygen atoms in total. The molecule has 2 aliphatic rings. The van der Waals surface area contributed by atoms with E-state index in [4.69, 9.17) is 0 Å². The lowest BCUT2D eigenvalue weighted by Gasteiger charge is -2.37. The minimum absolute atomic E-state index is 0.0363. The van der Waals surface area contributed by atoms with Crippen molar-refractivity contribution in [1.82, 2.24) is 24.7 Å². The fraction of sp³-hybridized carbons (Fsp3) is 0.500. The maximum Gasteiger partial charge on any atom is 0.317 e. The van der Waals surface area contributed by atoms with Gasteiger partial charge in [0.2, 0.25) is 0 Å². The van der Waals surface area contributed by atoms with Gasteiger partial charge < -0.3 is 14.8 Å². The highest BCUT2D eigenvalue weighted by Crippen LogP contribution is 2.21. The summed E-state index contributed by atoms with van der Waals surface area (Å²) in [4.78, 5) is 21.4. The Morgan fingerprint density at radius 3 is 2.96 bits per heavy atom. The highest BCUT2D eigenvalue weighted by Gasteiger charge is 2.32. The SMILES string of the molecule is O=C(NCc1nccn1CCc1ccccc1)N1CCN2CCCC2C1. The number of carbonyl (C=O) groups excluding carboxylic acids is 1. The molecule has 1 N–H and O–H groups in total. The standard InChI is InChI=1S/C20H27N5O/c26-20(25-14-13-23-10-4-7-18(23)16-25)22-15-19-21-9-12-24(19)11-8-17-5-2-1-3-6-17/h1-3,5-6,9,12,18H,4,7-8,10-11,13-16H2,(H,22,26). The molecule has 1 unspecified atom stereocenters. The van der Waals surface area contributed by atoms with Crippen LogP contribution in [0.3, 0.4) is 0 Å². The molecule has 0 aliphatic carbocycles. The number of urea groups is 1. The van der Waals surface area contributed by atoms with Crippen molar-refractivity contribution in [2.45, 2.75) is 38.4 Å². The van der Waals surface area contributed by atoms with E-state index in [2.05, 4.69) is 44.0 Å². The molecule has 0 bridgehead atoms. The Balaban J connectivity index is 1.28. The second-order valence-electron chi connectivity index (χ2n) is 7.21. The van der Waals surface area contributed by atoms with E-state index in [9.17, 15) is 4.79 Å². The van der Waals surface area contributed by atoms with Gasteiger partial charge in [-0.25, -0.2) is 9.78 Å². The molecule has 4 rings (SSSR count). The van der Waals surface area contributed by atoms with Crippen molar-refractivity contribution in [3.63, 3.8) is 0 Å². The first-order valence-corrected chi connectivity index (χ1v) is 9.60. The van der Waals surface area contributed by atoms with Crippen molar-refractivity contribution in [1.29, 1.82) is 0 Å². The Bertz CT molecular complexity index is 729. The normalized spacial score (nSPS) is 20.2. The third-order valence-corrected chi connectivity index (χ3v) is 5.56. The van der Waals surface area contributed by atoms with Gasteiger partial charge in [0.1, 0.15) is 5.82 Å². The molecule has 1 aromatic carbocycles. The molecule has 2 fully saturated rings. The lowest BCUT2D eigenvalue weighted by molar-refractivity contribution is 0.117. The number of nitrogens with zero attached hydrogens (tertiary/aromatic N) is 4. The average Bonchev–Trinajstić information content (AvgIpc) is 3.33. The number of hydrogen-bond donors (Lipinski definition) is 1. The van der Waals surface area contributed by atoms with Crippen molar-refractivity contribution < 1.29 is 4.79 Å². The van der Waals surface area contributed by atoms with Crippen molar-refractivity contribution >= 4 is 6.03 Å². The van der Waals surface area contributed by atoms with E-state index in [1.165, 1.54) is 24.9 Å². The summed E-state index contributed by atoms with van der Waals surface area (Å²) in [6.45, 7) is 5.23. The molecule has 1 atom stereocenters. The monoisotopic (exact) mass is 353 g/mol. The van der Waals surface area contributed by atoms with Gasteiger partial charge in [-0.15, -0.1) is 0 Å². The maximum absolute atomic E-state index is 12.5. The van der Waals surface area contributed by atoms with Crippen molar-refractivity contribution in [2.75, 3.05) is 26.2 Å². The zero-order valence-electron chi connectivity index (χ0n) is 15.2. The fourth-order valence-corrected chi connectivity index (χ4v) is 4.05. The van der Waals surface area contributed by atoms with Crippen LogP contribution in [0.15, 0.2) is 42.7 Å². The summed E-state index contributed by atoms with van der Waals surface area (Å²) in [5, 5.41) is 3.06. The average molecular weight is 353 g/mol. The van der Waals surface area contributed by atoms with Crippen LogP contribution in [-0.4, -0.2) is 57.6 Å². The number of hydrogen-bond acceptors (Lipinski definition) is 3. The molecule has 6 heteroatoms. The largest absolute Gasteiger partial charge is 0.333 e. The predicted molar refractivity (Wildman–Crippen MR) is 101 cm³/mol. The van der Waals surface area contributed by atoms with Gasteiger partial charge in [-0.3, -0.25) is 4.90 Å². The topological polar surface area (TPSA) is 53.4 Å². The van der Waals surface area contributed by atoms with Crippen LogP contribution in [0.4, 0.5) is 4.79 Å². The number of fused-ring (bicyclic) bond motifs is 1. The molecule has 0 saturated carbocycles. The van der Waals surface area contributed by atoms with E-state index in [-0.39, 0.29) is 6.03 Å². The quantitative estimate of drug-likeness (QED) is 0.896. The lowest BCUT2D eigenvalue weighted by Crippen LogP contribution is -2.54. The highest BCUT2D eigenvalue weighted by atomic mass is 16.2. The third kappa shape index (κ3) is 3.90. The number of carbonyl (C=O) groups is 1. The molecule has 2 saturated heterocycles. The zero-order chi connectivity index (χ0) is 17.8. The highest BCUT2D eigenvalue weighted by molar-refractivity contribution is 5.74. The van der Waals surface area contributed by atoms with Crippen LogP contribution in [0.2, 0.25) is 0 Å². The van der Waals surface area contributed by atoms with Gasteiger partial charge in [-0.2, -0.15) is 0 Å². The summed E-state index contributed by atoms with van der Waals surface area (Å²) >= 11 is 0. The third-order valence-electron chi connectivity index (χ3n) is 5.56. The Hall–Kier alpha value is -2.34. The molecule has 2 aliphatic heterocycles.